The van der Waals surface area contributed by atoms with E-state index >= 15 is 0 Å². The van der Waals surface area contributed by atoms with E-state index in [1.165, 1.54) is 0 Å². The molecule has 0 fully saturated rings. The fourth-order valence-electron chi connectivity index (χ4n) is 0.912. The van der Waals surface area contributed by atoms with E-state index in [2.05, 4.69) is 31.1 Å². The lowest BCUT2D eigenvalue weighted by molar-refractivity contribution is 0.173. The van der Waals surface area contributed by atoms with Gasteiger partial charge >= 0.3 is 0 Å². The van der Waals surface area contributed by atoms with Gasteiger partial charge in [0.25, 0.3) is 0 Å². The first-order valence-electron chi connectivity index (χ1n) is 4.55. The second kappa shape index (κ2) is 4.12. The standard InChI is InChI=1S/C11H20OSi/c1-10(2)9-11(3,12)7-8-13(4,5)6/h9,12H,1-6H3. The van der Waals surface area contributed by atoms with Crippen LogP contribution in [0.3, 0.4) is 0 Å². The minimum absolute atomic E-state index is 0.959. The van der Waals surface area contributed by atoms with E-state index in [0.29, 0.717) is 0 Å². The summed E-state index contributed by atoms with van der Waals surface area (Å²) in [5.41, 5.74) is 3.30. The Labute approximate surface area is 82.9 Å². The average Bonchev–Trinajstić information content (AvgIpc) is 1.79. The van der Waals surface area contributed by atoms with Gasteiger partial charge in [-0.15, -0.1) is 5.54 Å². The largest absolute Gasteiger partial charge is 0.374 e. The molecule has 0 aliphatic rings. The van der Waals surface area contributed by atoms with Gasteiger partial charge in [-0.2, -0.15) is 0 Å². The Morgan fingerprint density at radius 2 is 1.77 bits per heavy atom. The fourth-order valence-corrected chi connectivity index (χ4v) is 1.54. The Bertz CT molecular complexity index is 254. The molecule has 0 aromatic heterocycles. The highest BCUT2D eigenvalue weighted by atomic mass is 28.3. The zero-order valence-electron chi connectivity index (χ0n) is 9.52. The first-order chi connectivity index (χ1) is 5.62. The lowest BCUT2D eigenvalue weighted by Crippen LogP contribution is -2.22. The van der Waals surface area contributed by atoms with Crippen LogP contribution in [-0.4, -0.2) is 18.8 Å². The van der Waals surface area contributed by atoms with Gasteiger partial charge in [0.15, 0.2) is 0 Å². The summed E-state index contributed by atoms with van der Waals surface area (Å²) in [6, 6.07) is 0. The lowest BCUT2D eigenvalue weighted by atomic mass is 10.1. The van der Waals surface area contributed by atoms with Crippen LogP contribution in [0.15, 0.2) is 11.6 Å². The molecule has 1 N–H and O–H groups in total. The first-order valence-corrected chi connectivity index (χ1v) is 8.05. The third kappa shape index (κ3) is 7.83. The highest BCUT2D eigenvalue weighted by Gasteiger charge is 2.14. The smallest absolute Gasteiger partial charge is 0.140 e. The zero-order chi connectivity index (χ0) is 10.7. The molecule has 0 saturated heterocycles. The molecule has 0 saturated carbocycles. The van der Waals surface area contributed by atoms with Gasteiger partial charge in [-0.25, -0.2) is 0 Å². The van der Waals surface area contributed by atoms with Crippen molar-refractivity contribution in [3.05, 3.63) is 11.6 Å². The van der Waals surface area contributed by atoms with Crippen molar-refractivity contribution in [1.29, 1.82) is 0 Å². The summed E-state index contributed by atoms with van der Waals surface area (Å²) in [5.74, 6) is 2.92. The van der Waals surface area contributed by atoms with Crippen molar-refractivity contribution in [2.45, 2.75) is 46.0 Å². The summed E-state index contributed by atoms with van der Waals surface area (Å²) < 4.78 is 0. The van der Waals surface area contributed by atoms with Crippen LogP contribution < -0.4 is 0 Å². The summed E-state index contributed by atoms with van der Waals surface area (Å²) in [6.07, 6.45) is 1.79. The van der Waals surface area contributed by atoms with E-state index in [-0.39, 0.29) is 0 Å². The Hall–Kier alpha value is -0.523. The van der Waals surface area contributed by atoms with Crippen molar-refractivity contribution in [1.82, 2.24) is 0 Å². The van der Waals surface area contributed by atoms with Crippen molar-refractivity contribution >= 4 is 8.07 Å². The van der Waals surface area contributed by atoms with Gasteiger partial charge in [0, 0.05) is 0 Å². The molecular weight excluding hydrogens is 176 g/mol. The van der Waals surface area contributed by atoms with Crippen LogP contribution >= 0.6 is 0 Å². The van der Waals surface area contributed by atoms with Gasteiger partial charge in [-0.05, 0) is 26.8 Å². The monoisotopic (exact) mass is 196 g/mol. The molecule has 1 unspecified atom stereocenters. The van der Waals surface area contributed by atoms with Crippen LogP contribution in [0, 0.1) is 11.5 Å². The first kappa shape index (κ1) is 12.5. The number of aliphatic hydroxyl groups is 1. The van der Waals surface area contributed by atoms with Crippen molar-refractivity contribution in [3.8, 4) is 11.5 Å². The maximum atomic E-state index is 9.82. The van der Waals surface area contributed by atoms with Crippen molar-refractivity contribution in [2.75, 3.05) is 0 Å². The van der Waals surface area contributed by atoms with Crippen LogP contribution in [0.2, 0.25) is 19.6 Å². The molecule has 2 heteroatoms. The molecule has 1 nitrogen and oxygen atoms in total. The molecule has 13 heavy (non-hydrogen) atoms. The third-order valence-corrected chi connectivity index (χ3v) is 2.14. The lowest BCUT2D eigenvalue weighted by Gasteiger charge is -2.13. The van der Waals surface area contributed by atoms with Crippen molar-refractivity contribution in [3.63, 3.8) is 0 Å². The van der Waals surface area contributed by atoms with E-state index in [9.17, 15) is 5.11 Å². The van der Waals surface area contributed by atoms with Gasteiger partial charge in [-0.3, -0.25) is 0 Å². The van der Waals surface area contributed by atoms with E-state index in [1.54, 1.807) is 13.0 Å². The molecule has 0 amide bonds. The van der Waals surface area contributed by atoms with Crippen LogP contribution in [0.4, 0.5) is 0 Å². The minimum Gasteiger partial charge on any atom is -0.374 e. The zero-order valence-corrected chi connectivity index (χ0v) is 10.5. The maximum Gasteiger partial charge on any atom is 0.140 e. The van der Waals surface area contributed by atoms with Crippen LogP contribution in [0.1, 0.15) is 20.8 Å². The maximum absolute atomic E-state index is 9.82. The van der Waals surface area contributed by atoms with Crippen LogP contribution in [0.25, 0.3) is 0 Å². The summed E-state index contributed by atoms with van der Waals surface area (Å²) in [5, 5.41) is 9.82. The van der Waals surface area contributed by atoms with E-state index in [4.69, 9.17) is 0 Å². The molecule has 1 atom stereocenters. The number of rotatable bonds is 1. The van der Waals surface area contributed by atoms with Crippen LogP contribution in [-0.2, 0) is 0 Å². The number of allylic oxidation sites excluding steroid dienone is 1. The van der Waals surface area contributed by atoms with Gasteiger partial charge in [0.1, 0.15) is 13.7 Å². The number of hydrogen-bond donors (Lipinski definition) is 1. The Morgan fingerprint density at radius 1 is 1.31 bits per heavy atom. The second-order valence-electron chi connectivity index (χ2n) is 4.87. The summed E-state index contributed by atoms with van der Waals surface area (Å²) in [6.45, 7) is 12.2. The quantitative estimate of drug-likeness (QED) is 0.388. The molecule has 0 heterocycles. The molecular formula is C11H20OSi. The normalized spacial score (nSPS) is 15.3. The number of hydrogen-bond acceptors (Lipinski definition) is 1. The summed E-state index contributed by atoms with van der Waals surface area (Å²) in [7, 11) is -1.37. The average molecular weight is 196 g/mol. The molecule has 0 radical (unpaired) electrons. The van der Waals surface area contributed by atoms with Gasteiger partial charge in [-0.1, -0.05) is 31.1 Å². The van der Waals surface area contributed by atoms with Gasteiger partial charge in [0.2, 0.25) is 0 Å². The van der Waals surface area contributed by atoms with Gasteiger partial charge in [0.05, 0.1) is 0 Å². The summed E-state index contributed by atoms with van der Waals surface area (Å²) >= 11 is 0. The molecule has 0 rings (SSSR count). The molecule has 0 aliphatic heterocycles. The van der Waals surface area contributed by atoms with Crippen molar-refractivity contribution < 1.29 is 5.11 Å². The van der Waals surface area contributed by atoms with Crippen molar-refractivity contribution in [2.24, 2.45) is 0 Å². The molecule has 0 spiro atoms. The molecule has 0 aliphatic carbocycles. The Morgan fingerprint density at radius 3 is 2.08 bits per heavy atom. The minimum atomic E-state index is -1.37. The molecule has 0 aromatic carbocycles. The van der Waals surface area contributed by atoms with Crippen LogP contribution in [0.5, 0.6) is 0 Å². The van der Waals surface area contributed by atoms with E-state index in [0.717, 1.165) is 5.57 Å². The summed E-state index contributed by atoms with van der Waals surface area (Å²) in [4.78, 5) is 0. The molecule has 0 bridgehead atoms. The Balaban J connectivity index is 4.67. The Kier molecular flexibility index (Phi) is 3.96. The van der Waals surface area contributed by atoms with Gasteiger partial charge < -0.3 is 5.11 Å². The fraction of sp³-hybridized carbons (Fsp3) is 0.636. The highest BCUT2D eigenvalue weighted by Crippen LogP contribution is 2.08. The molecule has 0 aromatic rings. The third-order valence-electron chi connectivity index (χ3n) is 1.26. The predicted molar refractivity (Wildman–Crippen MR) is 61.2 cm³/mol. The predicted octanol–water partition coefficient (Wildman–Crippen LogP) is 2.58. The topological polar surface area (TPSA) is 20.2 Å². The van der Waals surface area contributed by atoms with E-state index in [1.807, 2.05) is 13.8 Å². The SMILES string of the molecule is CC(C)=CC(C)(O)C#C[Si](C)(C)C. The highest BCUT2D eigenvalue weighted by molar-refractivity contribution is 6.83. The van der Waals surface area contributed by atoms with E-state index < -0.39 is 13.7 Å². The molecule has 74 valence electrons. The second-order valence-corrected chi connectivity index (χ2v) is 9.62.